The zero-order valence-electron chi connectivity index (χ0n) is 18.9. The number of hydrogen-bond donors (Lipinski definition) is 0. The van der Waals surface area contributed by atoms with E-state index in [0.29, 0.717) is 23.3 Å². The molecular formula is C28H24N2O5. The summed E-state index contributed by atoms with van der Waals surface area (Å²) in [6.45, 7) is 0.275. The Morgan fingerprint density at radius 3 is 2.06 bits per heavy atom. The van der Waals surface area contributed by atoms with Crippen LogP contribution < -0.4 is 14.5 Å². The second-order valence-electron chi connectivity index (χ2n) is 10.3. The van der Waals surface area contributed by atoms with Gasteiger partial charge in [0.15, 0.2) is 0 Å². The van der Waals surface area contributed by atoms with Crippen LogP contribution in [0.1, 0.15) is 12.8 Å². The zero-order valence-corrected chi connectivity index (χ0v) is 18.9. The van der Waals surface area contributed by atoms with Crippen molar-refractivity contribution in [2.75, 3.05) is 16.3 Å². The Labute approximate surface area is 202 Å². The molecule has 0 aromatic heterocycles. The van der Waals surface area contributed by atoms with Gasteiger partial charge >= 0.3 is 5.97 Å². The van der Waals surface area contributed by atoms with Gasteiger partial charge in [-0.15, -0.1) is 0 Å². The Morgan fingerprint density at radius 2 is 1.43 bits per heavy atom. The molecule has 7 atom stereocenters. The van der Waals surface area contributed by atoms with Crippen molar-refractivity contribution in [3.63, 3.8) is 0 Å². The van der Waals surface area contributed by atoms with Crippen LogP contribution in [0.3, 0.4) is 0 Å². The molecule has 0 radical (unpaired) electrons. The van der Waals surface area contributed by atoms with Gasteiger partial charge in [0.1, 0.15) is 5.75 Å². The molecule has 7 nitrogen and oxygen atoms in total. The standard InChI is InChI=1S/C28H24N2O5/c31-23-12-15(14-29(23)16-4-2-1-3-5-16)28(34)35-18-8-6-17(7-9-18)30-26(32)24-19-10-11-20(22-13-21(19)22)25(24)27(30)33/h1-11,15,19-22,24-25H,12-14H2/t15-,19-,20-,21-,22+,24-,25+/m0/s1. The number of carbonyl (C=O) groups excluding carboxylic acids is 4. The summed E-state index contributed by atoms with van der Waals surface area (Å²) in [6.07, 6.45) is 5.54. The monoisotopic (exact) mass is 468 g/mol. The maximum atomic E-state index is 13.3. The van der Waals surface area contributed by atoms with Crippen LogP contribution in [-0.2, 0) is 19.2 Å². The molecule has 3 amide bonds. The Hall–Kier alpha value is -3.74. The number of amides is 3. The summed E-state index contributed by atoms with van der Waals surface area (Å²) >= 11 is 0. The lowest BCUT2D eigenvalue weighted by atomic mass is 9.63. The number of carbonyl (C=O) groups is 4. The van der Waals surface area contributed by atoms with E-state index in [1.807, 2.05) is 30.3 Å². The normalized spacial score (nSPS) is 34.3. The fourth-order valence-electron chi connectivity index (χ4n) is 6.80. The van der Waals surface area contributed by atoms with E-state index in [4.69, 9.17) is 4.74 Å². The third kappa shape index (κ3) is 3.03. The topological polar surface area (TPSA) is 84.0 Å². The maximum Gasteiger partial charge on any atom is 0.316 e. The van der Waals surface area contributed by atoms with Crippen molar-refractivity contribution in [2.45, 2.75) is 12.8 Å². The van der Waals surface area contributed by atoms with Crippen LogP contribution in [0, 0.1) is 41.4 Å². The minimum atomic E-state index is -0.554. The van der Waals surface area contributed by atoms with Gasteiger partial charge in [0, 0.05) is 18.7 Å². The molecule has 35 heavy (non-hydrogen) atoms. The summed E-state index contributed by atoms with van der Waals surface area (Å²) in [6, 6.07) is 15.8. The molecule has 2 saturated carbocycles. The average molecular weight is 469 g/mol. The second kappa shape index (κ2) is 7.38. The van der Waals surface area contributed by atoms with Crippen molar-refractivity contribution in [3.8, 4) is 5.75 Å². The van der Waals surface area contributed by atoms with Crippen LogP contribution in [0.2, 0.25) is 0 Å². The van der Waals surface area contributed by atoms with Gasteiger partial charge in [0.25, 0.3) is 0 Å². The molecule has 0 spiro atoms. The molecular weight excluding hydrogens is 444 g/mol. The van der Waals surface area contributed by atoms with Crippen LogP contribution in [-0.4, -0.2) is 30.2 Å². The van der Waals surface area contributed by atoms with E-state index >= 15 is 0 Å². The molecule has 6 aliphatic rings. The Kier molecular flexibility index (Phi) is 4.35. The lowest BCUT2D eigenvalue weighted by Gasteiger charge is -2.37. The Morgan fingerprint density at radius 1 is 0.800 bits per heavy atom. The van der Waals surface area contributed by atoms with Crippen LogP contribution in [0.25, 0.3) is 0 Å². The van der Waals surface area contributed by atoms with Crippen molar-refractivity contribution in [1.29, 1.82) is 0 Å². The Balaban J connectivity index is 1.04. The summed E-state index contributed by atoms with van der Waals surface area (Å²) in [7, 11) is 0. The number of benzene rings is 2. The minimum absolute atomic E-state index is 0.101. The number of allylic oxidation sites excluding steroid dienone is 2. The van der Waals surface area contributed by atoms with Crippen LogP contribution in [0.15, 0.2) is 66.7 Å². The maximum absolute atomic E-state index is 13.3. The number of esters is 1. The molecule has 2 saturated heterocycles. The first-order chi connectivity index (χ1) is 17.0. The van der Waals surface area contributed by atoms with Crippen LogP contribution in [0.5, 0.6) is 5.75 Å². The minimum Gasteiger partial charge on any atom is -0.426 e. The molecule has 4 aliphatic carbocycles. The molecule has 2 heterocycles. The molecule has 0 unspecified atom stereocenters. The third-order valence-corrected chi connectivity index (χ3v) is 8.50. The van der Waals surface area contributed by atoms with Crippen molar-refractivity contribution in [1.82, 2.24) is 0 Å². The quantitative estimate of drug-likeness (QED) is 0.298. The lowest BCUT2D eigenvalue weighted by molar-refractivity contribution is -0.139. The smallest absolute Gasteiger partial charge is 0.316 e. The van der Waals surface area contributed by atoms with Gasteiger partial charge in [0.05, 0.1) is 23.4 Å². The zero-order chi connectivity index (χ0) is 23.8. The SMILES string of the molecule is O=C(Oc1ccc(N2C(=O)[C@@H]3[C@H]4C=C[C@@H]([C@@H]5C[C@H]45)[C@@H]3C2=O)cc1)[C@H]1CC(=O)N(c2ccccc2)C1. The van der Waals surface area contributed by atoms with Gasteiger partial charge in [0.2, 0.25) is 17.7 Å². The van der Waals surface area contributed by atoms with E-state index < -0.39 is 11.9 Å². The van der Waals surface area contributed by atoms with E-state index in [9.17, 15) is 19.2 Å². The number of anilines is 2. The second-order valence-corrected chi connectivity index (χ2v) is 10.3. The molecule has 7 heteroatoms. The predicted molar refractivity (Wildman–Crippen MR) is 126 cm³/mol. The van der Waals surface area contributed by atoms with Gasteiger partial charge in [-0.25, -0.2) is 0 Å². The summed E-state index contributed by atoms with van der Waals surface area (Å²) in [5.41, 5.74) is 1.27. The van der Waals surface area contributed by atoms with Crippen molar-refractivity contribution in [2.24, 2.45) is 41.4 Å². The summed E-state index contributed by atoms with van der Waals surface area (Å²) < 4.78 is 5.54. The largest absolute Gasteiger partial charge is 0.426 e. The third-order valence-electron chi connectivity index (χ3n) is 8.50. The first-order valence-electron chi connectivity index (χ1n) is 12.2. The van der Waals surface area contributed by atoms with E-state index in [0.717, 1.165) is 12.1 Å². The van der Waals surface area contributed by atoms with Crippen molar-refractivity contribution < 1.29 is 23.9 Å². The summed E-state index contributed by atoms with van der Waals surface area (Å²) in [4.78, 5) is 54.6. The lowest BCUT2D eigenvalue weighted by Crippen LogP contribution is -2.40. The fourth-order valence-corrected chi connectivity index (χ4v) is 6.80. The Bertz CT molecular complexity index is 1250. The van der Waals surface area contributed by atoms with Crippen LogP contribution in [0.4, 0.5) is 11.4 Å². The summed E-state index contributed by atoms with van der Waals surface area (Å²) in [5, 5.41) is 0. The number of nitrogens with zero attached hydrogens (tertiary/aromatic N) is 2. The van der Waals surface area contributed by atoms with Gasteiger partial charge in [-0.2, -0.15) is 0 Å². The molecule has 176 valence electrons. The van der Waals surface area contributed by atoms with Crippen molar-refractivity contribution in [3.05, 3.63) is 66.7 Å². The number of rotatable bonds is 4. The number of ether oxygens (including phenoxy) is 1. The van der Waals surface area contributed by atoms with E-state index in [1.54, 1.807) is 29.2 Å². The first-order valence-corrected chi connectivity index (χ1v) is 12.2. The molecule has 0 N–H and O–H groups in total. The molecule has 4 fully saturated rings. The number of hydrogen-bond acceptors (Lipinski definition) is 5. The number of imide groups is 1. The van der Waals surface area contributed by atoms with Gasteiger partial charge in [-0.3, -0.25) is 24.1 Å². The van der Waals surface area contributed by atoms with Crippen molar-refractivity contribution >= 4 is 35.1 Å². The van der Waals surface area contributed by atoms with Gasteiger partial charge < -0.3 is 9.64 Å². The van der Waals surface area contributed by atoms with E-state index in [2.05, 4.69) is 12.2 Å². The molecule has 2 aromatic carbocycles. The molecule has 8 rings (SSSR count). The highest BCUT2D eigenvalue weighted by atomic mass is 16.5. The molecule has 2 bridgehead atoms. The predicted octanol–water partition coefficient (Wildman–Crippen LogP) is 3.20. The molecule has 2 aromatic rings. The van der Waals surface area contributed by atoms with Crippen LogP contribution >= 0.6 is 0 Å². The highest BCUT2D eigenvalue weighted by Crippen LogP contribution is 2.65. The highest BCUT2D eigenvalue weighted by molar-refractivity contribution is 6.22. The highest BCUT2D eigenvalue weighted by Gasteiger charge is 2.67. The first kappa shape index (κ1) is 20.6. The average Bonchev–Trinajstić information content (AvgIpc) is 3.55. The van der Waals surface area contributed by atoms with E-state index in [-0.39, 0.29) is 54.4 Å². The van der Waals surface area contributed by atoms with E-state index in [1.165, 1.54) is 4.90 Å². The number of para-hydroxylation sites is 1. The van der Waals surface area contributed by atoms with Gasteiger partial charge in [-0.05, 0) is 66.5 Å². The fraction of sp³-hybridized carbons (Fsp3) is 0.357. The summed E-state index contributed by atoms with van der Waals surface area (Å²) in [5.74, 6) is -0.0341. The van der Waals surface area contributed by atoms with Gasteiger partial charge in [-0.1, -0.05) is 30.4 Å². The molecule has 2 aliphatic heterocycles.